The van der Waals surface area contributed by atoms with Crippen LogP contribution < -0.4 is 5.32 Å². The predicted molar refractivity (Wildman–Crippen MR) is 85.7 cm³/mol. The monoisotopic (exact) mass is 303 g/mol. The average Bonchev–Trinajstić information content (AvgIpc) is 2.51. The number of pyridine rings is 1. The second-order valence-corrected chi connectivity index (χ2v) is 5.49. The molecule has 0 unspecified atom stereocenters. The standard InChI is InChI=1S/C15H17N3O2S/c1-2-8-16-12-7-9-17-13(10-12)11-21-15-6-4-3-5-14(15)18(19)20/h3-7,9-10H,2,8,11H2,1H3,(H,16,17). The molecule has 1 N–H and O–H groups in total. The summed E-state index contributed by atoms with van der Waals surface area (Å²) in [6.45, 7) is 3.03. The maximum Gasteiger partial charge on any atom is 0.282 e. The summed E-state index contributed by atoms with van der Waals surface area (Å²) in [6.07, 6.45) is 2.82. The number of benzene rings is 1. The van der Waals surface area contributed by atoms with E-state index in [0.29, 0.717) is 10.6 Å². The highest BCUT2D eigenvalue weighted by molar-refractivity contribution is 7.98. The van der Waals surface area contributed by atoms with E-state index in [1.54, 1.807) is 18.3 Å². The topological polar surface area (TPSA) is 68.1 Å². The molecule has 5 nitrogen and oxygen atoms in total. The van der Waals surface area contributed by atoms with Crippen LogP contribution in [0.1, 0.15) is 19.0 Å². The fourth-order valence-corrected chi connectivity index (χ4v) is 2.74. The smallest absolute Gasteiger partial charge is 0.282 e. The average molecular weight is 303 g/mol. The van der Waals surface area contributed by atoms with Crippen molar-refractivity contribution in [1.82, 2.24) is 4.98 Å². The van der Waals surface area contributed by atoms with Gasteiger partial charge in [-0.3, -0.25) is 15.1 Å². The number of thioether (sulfide) groups is 1. The Hall–Kier alpha value is -2.08. The molecule has 2 aromatic rings. The Labute approximate surface area is 127 Å². The van der Waals surface area contributed by atoms with Gasteiger partial charge in [-0.15, -0.1) is 11.8 Å². The number of aromatic nitrogens is 1. The van der Waals surface area contributed by atoms with Gasteiger partial charge in [0, 0.05) is 30.2 Å². The van der Waals surface area contributed by atoms with Crippen LogP contribution in [0, 0.1) is 10.1 Å². The lowest BCUT2D eigenvalue weighted by Crippen LogP contribution is -2.00. The summed E-state index contributed by atoms with van der Waals surface area (Å²) < 4.78 is 0. The van der Waals surface area contributed by atoms with E-state index in [-0.39, 0.29) is 10.6 Å². The quantitative estimate of drug-likeness (QED) is 0.474. The van der Waals surface area contributed by atoms with Crippen molar-refractivity contribution < 1.29 is 4.92 Å². The van der Waals surface area contributed by atoms with Crippen molar-refractivity contribution in [3.05, 3.63) is 58.4 Å². The molecule has 0 radical (unpaired) electrons. The molecule has 0 amide bonds. The first-order valence-electron chi connectivity index (χ1n) is 6.75. The molecule has 0 aliphatic heterocycles. The second-order valence-electron chi connectivity index (χ2n) is 4.48. The maximum atomic E-state index is 11.0. The lowest BCUT2D eigenvalue weighted by molar-refractivity contribution is -0.387. The molecule has 0 aliphatic carbocycles. The van der Waals surface area contributed by atoms with Gasteiger partial charge in [0.2, 0.25) is 0 Å². The summed E-state index contributed by atoms with van der Waals surface area (Å²) >= 11 is 1.43. The predicted octanol–water partition coefficient (Wildman–Crippen LogP) is 4.10. The van der Waals surface area contributed by atoms with E-state index in [4.69, 9.17) is 0 Å². The van der Waals surface area contributed by atoms with E-state index in [0.717, 1.165) is 24.3 Å². The molecular formula is C15H17N3O2S. The number of nitrogens with zero attached hydrogens (tertiary/aromatic N) is 2. The Morgan fingerprint density at radius 2 is 2.14 bits per heavy atom. The van der Waals surface area contributed by atoms with Gasteiger partial charge in [0.1, 0.15) is 0 Å². The van der Waals surface area contributed by atoms with Crippen molar-refractivity contribution in [2.45, 2.75) is 24.0 Å². The zero-order valence-corrected chi connectivity index (χ0v) is 12.6. The van der Waals surface area contributed by atoms with Crippen molar-refractivity contribution in [3.8, 4) is 0 Å². The summed E-state index contributed by atoms with van der Waals surface area (Å²) in [6, 6.07) is 10.7. The molecule has 0 saturated heterocycles. The minimum atomic E-state index is -0.352. The highest BCUT2D eigenvalue weighted by Crippen LogP contribution is 2.30. The molecule has 6 heteroatoms. The Bertz CT molecular complexity index is 619. The minimum Gasteiger partial charge on any atom is -0.385 e. The molecule has 1 aromatic heterocycles. The molecular weight excluding hydrogens is 286 g/mol. The molecule has 0 fully saturated rings. The Morgan fingerprint density at radius 1 is 1.33 bits per heavy atom. The molecule has 2 rings (SSSR count). The number of nitro groups is 1. The molecule has 0 atom stereocenters. The van der Waals surface area contributed by atoms with Crippen LogP contribution in [0.25, 0.3) is 0 Å². The summed E-state index contributed by atoms with van der Waals surface area (Å²) in [5, 5.41) is 14.3. The van der Waals surface area contributed by atoms with Crippen molar-refractivity contribution in [2.75, 3.05) is 11.9 Å². The molecule has 0 aliphatic rings. The van der Waals surface area contributed by atoms with E-state index in [9.17, 15) is 10.1 Å². The summed E-state index contributed by atoms with van der Waals surface area (Å²) in [5.74, 6) is 0.604. The molecule has 1 heterocycles. The van der Waals surface area contributed by atoms with Gasteiger partial charge in [0.15, 0.2) is 0 Å². The third-order valence-electron chi connectivity index (χ3n) is 2.83. The van der Waals surface area contributed by atoms with Crippen molar-refractivity contribution >= 4 is 23.1 Å². The van der Waals surface area contributed by atoms with Gasteiger partial charge in [-0.1, -0.05) is 19.1 Å². The van der Waals surface area contributed by atoms with Crippen LogP contribution in [0.4, 0.5) is 11.4 Å². The Morgan fingerprint density at radius 3 is 2.90 bits per heavy atom. The number of hydrogen-bond donors (Lipinski definition) is 1. The van der Waals surface area contributed by atoms with Crippen LogP contribution in [0.15, 0.2) is 47.5 Å². The third kappa shape index (κ3) is 4.46. The van der Waals surface area contributed by atoms with Crippen molar-refractivity contribution in [3.63, 3.8) is 0 Å². The highest BCUT2D eigenvalue weighted by atomic mass is 32.2. The zero-order valence-electron chi connectivity index (χ0n) is 11.8. The molecule has 1 aromatic carbocycles. The molecule has 21 heavy (non-hydrogen) atoms. The van der Waals surface area contributed by atoms with Crippen LogP contribution in [-0.2, 0) is 5.75 Å². The molecule has 0 spiro atoms. The van der Waals surface area contributed by atoms with E-state index < -0.39 is 0 Å². The summed E-state index contributed by atoms with van der Waals surface area (Å²) in [5.41, 5.74) is 2.08. The van der Waals surface area contributed by atoms with E-state index in [2.05, 4.69) is 17.2 Å². The van der Waals surface area contributed by atoms with Crippen molar-refractivity contribution in [1.29, 1.82) is 0 Å². The van der Waals surface area contributed by atoms with Crippen LogP contribution in [0.5, 0.6) is 0 Å². The first kappa shape index (κ1) is 15.3. The van der Waals surface area contributed by atoms with Gasteiger partial charge in [-0.2, -0.15) is 0 Å². The highest BCUT2D eigenvalue weighted by Gasteiger charge is 2.12. The second kappa shape index (κ2) is 7.64. The number of hydrogen-bond acceptors (Lipinski definition) is 5. The maximum absolute atomic E-state index is 11.0. The number of para-hydroxylation sites is 1. The van der Waals surface area contributed by atoms with Gasteiger partial charge in [0.25, 0.3) is 5.69 Å². The molecule has 0 saturated carbocycles. The Balaban J connectivity index is 2.05. The van der Waals surface area contributed by atoms with E-state index in [1.165, 1.54) is 17.8 Å². The van der Waals surface area contributed by atoms with Gasteiger partial charge in [-0.25, -0.2) is 0 Å². The largest absolute Gasteiger partial charge is 0.385 e. The van der Waals surface area contributed by atoms with Gasteiger partial charge in [0.05, 0.1) is 15.5 Å². The number of nitro benzene ring substituents is 1. The lowest BCUT2D eigenvalue weighted by atomic mass is 10.3. The third-order valence-corrected chi connectivity index (χ3v) is 3.93. The first-order valence-corrected chi connectivity index (χ1v) is 7.74. The molecule has 0 bridgehead atoms. The van der Waals surface area contributed by atoms with Gasteiger partial charge < -0.3 is 5.32 Å². The minimum absolute atomic E-state index is 0.141. The summed E-state index contributed by atoms with van der Waals surface area (Å²) in [4.78, 5) is 15.6. The number of anilines is 1. The Kier molecular flexibility index (Phi) is 5.57. The van der Waals surface area contributed by atoms with E-state index >= 15 is 0 Å². The number of nitrogens with one attached hydrogen (secondary N) is 1. The fourth-order valence-electron chi connectivity index (χ4n) is 1.82. The number of rotatable bonds is 7. The van der Waals surface area contributed by atoms with E-state index in [1.807, 2.05) is 18.2 Å². The van der Waals surface area contributed by atoms with Crippen LogP contribution >= 0.6 is 11.8 Å². The lowest BCUT2D eigenvalue weighted by Gasteiger charge is -2.07. The normalized spacial score (nSPS) is 10.3. The SMILES string of the molecule is CCCNc1ccnc(CSc2ccccc2[N+](=O)[O-])c1. The van der Waals surface area contributed by atoms with Gasteiger partial charge in [-0.05, 0) is 24.6 Å². The van der Waals surface area contributed by atoms with Crippen LogP contribution in [-0.4, -0.2) is 16.5 Å². The van der Waals surface area contributed by atoms with Crippen LogP contribution in [0.2, 0.25) is 0 Å². The first-order chi connectivity index (χ1) is 10.2. The fraction of sp³-hybridized carbons (Fsp3) is 0.267. The zero-order chi connectivity index (χ0) is 15.1. The van der Waals surface area contributed by atoms with Crippen molar-refractivity contribution in [2.24, 2.45) is 0 Å². The molecule has 110 valence electrons. The van der Waals surface area contributed by atoms with Gasteiger partial charge >= 0.3 is 0 Å². The summed E-state index contributed by atoms with van der Waals surface area (Å²) in [7, 11) is 0. The van der Waals surface area contributed by atoms with Crippen LogP contribution in [0.3, 0.4) is 0 Å².